The van der Waals surface area contributed by atoms with Crippen molar-refractivity contribution in [2.24, 2.45) is 11.8 Å². The molecule has 0 radical (unpaired) electrons. The average Bonchev–Trinajstić information content (AvgIpc) is 3.02. The minimum Gasteiger partial charge on any atom is -0.375 e. The highest BCUT2D eigenvalue weighted by molar-refractivity contribution is 4.86. The van der Waals surface area contributed by atoms with Gasteiger partial charge in [0.25, 0.3) is 0 Å². The number of nitrogens with one attached hydrogen (secondary N) is 1. The quantitative estimate of drug-likeness (QED) is 0.780. The van der Waals surface area contributed by atoms with E-state index in [9.17, 15) is 0 Å². The number of ether oxygens (including phenoxy) is 2. The lowest BCUT2D eigenvalue weighted by atomic mass is 9.91. The summed E-state index contributed by atoms with van der Waals surface area (Å²) >= 11 is 0. The standard InChI is InChI=1S/C19H38N2O2/c1-18(2,3)22-14-17-9-16(11-20-17)10-19(4,5)23-13-15-7-8-21(6)12-15/h15-17,20H,7-14H2,1-6H3. The van der Waals surface area contributed by atoms with Crippen LogP contribution in [0.5, 0.6) is 0 Å². The Morgan fingerprint density at radius 3 is 2.39 bits per heavy atom. The lowest BCUT2D eigenvalue weighted by Crippen LogP contribution is -2.31. The third-order valence-electron chi connectivity index (χ3n) is 5.01. The minimum absolute atomic E-state index is 0.0206. The molecule has 0 aromatic carbocycles. The highest BCUT2D eigenvalue weighted by atomic mass is 16.5. The van der Waals surface area contributed by atoms with Crippen molar-refractivity contribution < 1.29 is 9.47 Å². The first-order valence-corrected chi connectivity index (χ1v) is 9.33. The molecule has 3 unspecified atom stereocenters. The monoisotopic (exact) mass is 326 g/mol. The van der Waals surface area contributed by atoms with Crippen molar-refractivity contribution in [3.63, 3.8) is 0 Å². The molecule has 0 aromatic rings. The van der Waals surface area contributed by atoms with Crippen LogP contribution in [-0.4, -0.2) is 62.0 Å². The van der Waals surface area contributed by atoms with Gasteiger partial charge in [-0.15, -0.1) is 0 Å². The molecule has 0 saturated carbocycles. The molecule has 23 heavy (non-hydrogen) atoms. The van der Waals surface area contributed by atoms with E-state index in [0.717, 1.165) is 26.2 Å². The van der Waals surface area contributed by atoms with Crippen molar-refractivity contribution in [3.05, 3.63) is 0 Å². The van der Waals surface area contributed by atoms with E-state index in [-0.39, 0.29) is 11.2 Å². The Morgan fingerprint density at radius 2 is 1.78 bits per heavy atom. The number of nitrogens with zero attached hydrogens (tertiary/aromatic N) is 1. The number of rotatable bonds is 7. The van der Waals surface area contributed by atoms with Crippen molar-refractivity contribution in [2.45, 2.75) is 71.1 Å². The normalized spacial score (nSPS) is 30.3. The molecule has 0 aromatic heterocycles. The lowest BCUT2D eigenvalue weighted by molar-refractivity contribution is -0.0480. The Labute approximate surface area is 143 Å². The maximum absolute atomic E-state index is 6.29. The van der Waals surface area contributed by atoms with Crippen LogP contribution in [0.1, 0.15) is 53.9 Å². The van der Waals surface area contributed by atoms with E-state index in [1.165, 1.54) is 25.9 Å². The zero-order valence-electron chi connectivity index (χ0n) is 16.2. The molecule has 2 saturated heterocycles. The van der Waals surface area contributed by atoms with Gasteiger partial charge in [-0.05, 0) is 85.9 Å². The van der Waals surface area contributed by atoms with Crippen LogP contribution in [0.25, 0.3) is 0 Å². The van der Waals surface area contributed by atoms with Gasteiger partial charge in [0.1, 0.15) is 0 Å². The van der Waals surface area contributed by atoms with Crippen molar-refractivity contribution in [3.8, 4) is 0 Å². The van der Waals surface area contributed by atoms with Gasteiger partial charge >= 0.3 is 0 Å². The van der Waals surface area contributed by atoms with E-state index >= 15 is 0 Å². The molecule has 2 fully saturated rings. The van der Waals surface area contributed by atoms with Crippen LogP contribution in [0.2, 0.25) is 0 Å². The highest BCUT2D eigenvalue weighted by Gasteiger charge is 2.32. The molecule has 136 valence electrons. The summed E-state index contributed by atoms with van der Waals surface area (Å²) in [6.45, 7) is 16.1. The summed E-state index contributed by atoms with van der Waals surface area (Å²) in [5.41, 5.74) is -0.0656. The van der Waals surface area contributed by atoms with E-state index in [4.69, 9.17) is 9.47 Å². The Balaban J connectivity index is 1.67. The van der Waals surface area contributed by atoms with Crippen LogP contribution in [-0.2, 0) is 9.47 Å². The molecular weight excluding hydrogens is 288 g/mol. The van der Waals surface area contributed by atoms with Crippen LogP contribution in [0, 0.1) is 11.8 Å². The summed E-state index contributed by atoms with van der Waals surface area (Å²) in [7, 11) is 2.20. The van der Waals surface area contributed by atoms with Gasteiger partial charge in [-0.2, -0.15) is 0 Å². The van der Waals surface area contributed by atoms with Crippen molar-refractivity contribution >= 4 is 0 Å². The SMILES string of the molecule is CN1CCC(COC(C)(C)CC2CNC(COC(C)(C)C)C2)C1. The molecule has 2 aliphatic heterocycles. The lowest BCUT2D eigenvalue weighted by Gasteiger charge is -2.29. The van der Waals surface area contributed by atoms with Gasteiger partial charge in [0, 0.05) is 12.6 Å². The molecule has 0 spiro atoms. The minimum atomic E-state index is -0.0450. The fourth-order valence-electron chi connectivity index (χ4n) is 3.80. The molecule has 2 aliphatic rings. The molecule has 1 N–H and O–H groups in total. The van der Waals surface area contributed by atoms with Crippen LogP contribution in [0.4, 0.5) is 0 Å². The van der Waals surface area contributed by atoms with E-state index < -0.39 is 0 Å². The van der Waals surface area contributed by atoms with Crippen LogP contribution in [0.15, 0.2) is 0 Å². The molecule has 0 bridgehead atoms. The van der Waals surface area contributed by atoms with Gasteiger partial charge in [0.05, 0.1) is 24.4 Å². The summed E-state index contributed by atoms with van der Waals surface area (Å²) in [5.74, 6) is 1.42. The summed E-state index contributed by atoms with van der Waals surface area (Å²) in [5, 5.41) is 3.62. The van der Waals surface area contributed by atoms with Crippen LogP contribution < -0.4 is 5.32 Å². The van der Waals surface area contributed by atoms with Gasteiger partial charge in [-0.1, -0.05) is 0 Å². The molecule has 2 heterocycles. The maximum Gasteiger partial charge on any atom is 0.0629 e. The van der Waals surface area contributed by atoms with E-state index in [2.05, 4.69) is 51.9 Å². The molecule has 4 heteroatoms. The predicted octanol–water partition coefficient (Wildman–Crippen LogP) is 2.92. The summed E-state index contributed by atoms with van der Waals surface area (Å²) < 4.78 is 12.2. The zero-order chi connectivity index (χ0) is 17.1. The molecular formula is C19H38N2O2. The third-order valence-corrected chi connectivity index (χ3v) is 5.01. The Kier molecular flexibility index (Phi) is 6.51. The number of likely N-dealkylation sites (tertiary alicyclic amines) is 1. The molecule has 4 nitrogen and oxygen atoms in total. The highest BCUT2D eigenvalue weighted by Crippen LogP contribution is 2.28. The maximum atomic E-state index is 6.29. The summed E-state index contributed by atoms with van der Waals surface area (Å²) in [6, 6.07) is 0.499. The number of hydrogen-bond donors (Lipinski definition) is 1. The summed E-state index contributed by atoms with van der Waals surface area (Å²) in [6.07, 6.45) is 3.62. The smallest absolute Gasteiger partial charge is 0.0629 e. The second-order valence-electron chi connectivity index (χ2n) is 9.32. The largest absolute Gasteiger partial charge is 0.375 e. The first-order chi connectivity index (χ1) is 10.6. The van der Waals surface area contributed by atoms with Crippen molar-refractivity contribution in [2.75, 3.05) is 39.9 Å². The fourth-order valence-corrected chi connectivity index (χ4v) is 3.80. The van der Waals surface area contributed by atoms with Gasteiger partial charge in [0.2, 0.25) is 0 Å². The number of hydrogen-bond acceptors (Lipinski definition) is 4. The first-order valence-electron chi connectivity index (χ1n) is 9.33. The second kappa shape index (κ2) is 7.81. The van der Waals surface area contributed by atoms with E-state index in [1.54, 1.807) is 0 Å². The van der Waals surface area contributed by atoms with Crippen molar-refractivity contribution in [1.82, 2.24) is 10.2 Å². The van der Waals surface area contributed by atoms with E-state index in [0.29, 0.717) is 17.9 Å². The Hall–Kier alpha value is -0.160. The second-order valence-corrected chi connectivity index (χ2v) is 9.32. The zero-order valence-corrected chi connectivity index (χ0v) is 16.2. The average molecular weight is 327 g/mol. The third kappa shape index (κ3) is 7.08. The van der Waals surface area contributed by atoms with Crippen LogP contribution in [0.3, 0.4) is 0 Å². The Morgan fingerprint density at radius 1 is 1.04 bits per heavy atom. The molecule has 0 amide bonds. The van der Waals surface area contributed by atoms with Gasteiger partial charge in [0.15, 0.2) is 0 Å². The van der Waals surface area contributed by atoms with E-state index in [1.807, 2.05) is 0 Å². The van der Waals surface area contributed by atoms with Gasteiger partial charge < -0.3 is 19.7 Å². The predicted molar refractivity (Wildman–Crippen MR) is 95.9 cm³/mol. The summed E-state index contributed by atoms with van der Waals surface area (Å²) in [4.78, 5) is 2.40. The molecule has 0 aliphatic carbocycles. The van der Waals surface area contributed by atoms with Crippen LogP contribution >= 0.6 is 0 Å². The fraction of sp³-hybridized carbons (Fsp3) is 1.00. The first kappa shape index (κ1) is 19.2. The molecule has 3 atom stereocenters. The molecule has 2 rings (SSSR count). The van der Waals surface area contributed by atoms with Crippen molar-refractivity contribution in [1.29, 1.82) is 0 Å². The van der Waals surface area contributed by atoms with Gasteiger partial charge in [-0.3, -0.25) is 0 Å². The van der Waals surface area contributed by atoms with Gasteiger partial charge in [-0.25, -0.2) is 0 Å². The topological polar surface area (TPSA) is 33.7 Å². The Bertz CT molecular complexity index is 365.